The summed E-state index contributed by atoms with van der Waals surface area (Å²) in [6.45, 7) is 4.75. The Hall–Kier alpha value is -6.70. The van der Waals surface area contributed by atoms with E-state index in [0.29, 0.717) is 93.2 Å². The number of aromatic hydroxyl groups is 4. The van der Waals surface area contributed by atoms with Crippen molar-refractivity contribution in [1.82, 2.24) is 0 Å². The molecule has 0 bridgehead atoms. The average molecular weight is 1650 g/mol. The summed E-state index contributed by atoms with van der Waals surface area (Å²) >= 11 is 19.8. The van der Waals surface area contributed by atoms with Crippen LogP contribution in [0, 0.1) is 0 Å². The highest BCUT2D eigenvalue weighted by molar-refractivity contribution is 9.11. The number of benzene rings is 7. The zero-order valence-corrected chi connectivity index (χ0v) is 59.4. The molecule has 7 aromatic carbocycles. The summed E-state index contributed by atoms with van der Waals surface area (Å²) in [4.78, 5) is 43.4. The molecule has 7 heterocycles. The van der Waals surface area contributed by atoms with Gasteiger partial charge in [0.05, 0.1) is 64.5 Å². The first kappa shape index (κ1) is 71.2. The van der Waals surface area contributed by atoms with Gasteiger partial charge in [-0.2, -0.15) is 0 Å². The normalized spacial score (nSPS) is 14.6. The number of rotatable bonds is 5. The molecule has 92 heavy (non-hydrogen) atoms. The number of aromatic carboxylic acids is 2. The molecule has 24 heteroatoms. The predicted octanol–water partition coefficient (Wildman–Crippen LogP) is 16.5. The Balaban J connectivity index is 0.000000138. The molecular weight excluding hydrogens is 1580 g/mol. The molecular formula is C68H66Br6O18. The Labute approximate surface area is 582 Å². The van der Waals surface area contributed by atoms with Gasteiger partial charge in [-0.1, -0.05) is 75.9 Å². The van der Waals surface area contributed by atoms with E-state index < -0.39 is 11.9 Å². The van der Waals surface area contributed by atoms with Gasteiger partial charge in [0.15, 0.2) is 47.1 Å². The monoisotopic (exact) mass is 1640 g/mol. The van der Waals surface area contributed by atoms with Crippen LogP contribution in [-0.2, 0) is 44.9 Å². The summed E-state index contributed by atoms with van der Waals surface area (Å²) < 4.78 is 47.7. The van der Waals surface area contributed by atoms with Crippen LogP contribution in [0.2, 0.25) is 0 Å². The van der Waals surface area contributed by atoms with E-state index in [1.807, 2.05) is 30.3 Å². The Morgan fingerprint density at radius 1 is 0.402 bits per heavy atom. The maximum Gasteiger partial charge on any atom is 0.339 e. The minimum atomic E-state index is -0.918. The Morgan fingerprint density at radius 2 is 0.826 bits per heavy atom. The number of fused-ring (bicyclic) bond motifs is 7. The first-order valence-electron chi connectivity index (χ1n) is 29.5. The minimum Gasteiger partial charge on any atom is -0.507 e. The summed E-state index contributed by atoms with van der Waals surface area (Å²) in [6.07, 6.45) is 14.5. The third-order valence-electron chi connectivity index (χ3n) is 15.0. The molecule has 18 nitrogen and oxygen atoms in total. The van der Waals surface area contributed by atoms with Gasteiger partial charge in [-0.05, 0) is 205 Å². The van der Waals surface area contributed by atoms with Gasteiger partial charge in [-0.3, -0.25) is 9.59 Å². The number of hydrogen-bond acceptors (Lipinski definition) is 16. The topological polar surface area (TPSA) is 263 Å². The average Bonchev–Trinajstić information content (AvgIpc) is 0.973. The molecule has 0 spiro atoms. The number of phenols is 4. The minimum absolute atomic E-state index is 0.0946. The number of aryl methyl sites for hydroxylation is 3. The van der Waals surface area contributed by atoms with Crippen LogP contribution in [0.5, 0.6) is 69.0 Å². The smallest absolute Gasteiger partial charge is 0.339 e. The van der Waals surface area contributed by atoms with Crippen LogP contribution in [0.1, 0.15) is 125 Å². The number of aldehydes is 2. The molecule has 0 amide bonds. The molecule has 7 aliphatic rings. The number of halogens is 6. The van der Waals surface area contributed by atoms with Gasteiger partial charge < -0.3 is 68.5 Å². The van der Waals surface area contributed by atoms with Crippen LogP contribution in [0.25, 0.3) is 0 Å². The van der Waals surface area contributed by atoms with Crippen molar-refractivity contribution in [2.24, 2.45) is 0 Å². The number of phenolic OH excluding ortho intramolecular Hbond substituents is 4. The molecule has 7 aliphatic heterocycles. The van der Waals surface area contributed by atoms with Crippen LogP contribution in [-0.4, -0.2) is 109 Å². The van der Waals surface area contributed by atoms with E-state index in [0.717, 1.165) is 184 Å². The van der Waals surface area contributed by atoms with Crippen molar-refractivity contribution in [3.05, 3.63) is 167 Å². The summed E-state index contributed by atoms with van der Waals surface area (Å²) in [5.74, 6) is 4.49. The molecule has 0 fully saturated rings. The first-order chi connectivity index (χ1) is 44.3. The Kier molecular flexibility index (Phi) is 26.6. The second-order valence-corrected chi connectivity index (χ2v) is 26.7. The SMILES string of the molecule is COc1cc(Br)cc2c1OCCC2.O=C(O)c1cc(Br)cc2c1CCCO2.O=C(O)c1cccc2c1OCCC2.O=Cc1c(Br)cc(O)c2c1CCCO2.O=Cc1c(Br)cc(O)c2c1OCCC2.Oc1cc(Br)cc2c1CCCO2.Oc1cc(Br)cc2c1OCCC2. The number of carboxylic acid groups (broad SMARTS) is 2. The molecule has 0 atom stereocenters. The first-order valence-corrected chi connectivity index (χ1v) is 34.2. The van der Waals surface area contributed by atoms with Crippen molar-refractivity contribution >= 4 is 120 Å². The van der Waals surface area contributed by atoms with Crippen molar-refractivity contribution < 1.29 is 87.7 Å². The molecule has 0 unspecified atom stereocenters. The van der Waals surface area contributed by atoms with E-state index >= 15 is 0 Å². The van der Waals surface area contributed by atoms with Gasteiger partial charge in [-0.15, -0.1) is 0 Å². The standard InChI is InChI=1S/3C10H9BrO3.C10H11BrO2.C10H10O3.2C9H9BrO2/c11-6-4-8(10(12)13)7-2-1-3-14-9(7)5-6;11-8-4-9(13)6-2-1-3-14-10(6)7(8)5-12;11-8-4-9(13)10-6(7(8)5-12)2-1-3-14-10;1-12-9-6-8(11)5-7-3-2-4-13-10(7)9;11-10(12)8-5-1-3-7-4-2-6-13-9(7)8;10-6-4-8(11)7-2-1-3-12-9(7)5-6;10-7-4-6-2-1-3-12-9(6)8(11)5-7/h4-5H,1-3H2,(H,12,13);2*4-5,13H,1-3H2;5-6H,2-4H2,1H3;1,3,5H,2,4,6H2,(H,11,12);2*4-5,11H,1-3H2. The molecule has 14 rings (SSSR count). The second-order valence-electron chi connectivity index (χ2n) is 21.3. The van der Waals surface area contributed by atoms with Crippen LogP contribution in [0.3, 0.4) is 0 Å². The van der Waals surface area contributed by atoms with Crippen LogP contribution in [0.4, 0.5) is 0 Å². The lowest BCUT2D eigenvalue weighted by Crippen LogP contribution is -2.13. The maximum atomic E-state index is 10.9. The van der Waals surface area contributed by atoms with Crippen molar-refractivity contribution in [2.45, 2.75) is 89.9 Å². The van der Waals surface area contributed by atoms with Crippen LogP contribution in [0.15, 0.2) is 106 Å². The lowest BCUT2D eigenvalue weighted by atomic mass is 10.0. The summed E-state index contributed by atoms with van der Waals surface area (Å²) in [7, 11) is 1.67. The summed E-state index contributed by atoms with van der Waals surface area (Å²) in [6, 6.07) is 23.0. The van der Waals surface area contributed by atoms with Crippen molar-refractivity contribution in [3.63, 3.8) is 0 Å². The lowest BCUT2D eigenvalue weighted by molar-refractivity contribution is 0.0681. The lowest BCUT2D eigenvalue weighted by Gasteiger charge is -2.20. The molecule has 0 radical (unpaired) electrons. The predicted molar refractivity (Wildman–Crippen MR) is 366 cm³/mol. The molecule has 6 N–H and O–H groups in total. The number of carbonyl (C=O) groups excluding carboxylic acids is 2. The van der Waals surface area contributed by atoms with Crippen LogP contribution < -0.4 is 37.9 Å². The number of ether oxygens (including phenoxy) is 8. The largest absolute Gasteiger partial charge is 0.507 e. The zero-order valence-electron chi connectivity index (χ0n) is 49.9. The quantitative estimate of drug-likeness (QED) is 0.0875. The Morgan fingerprint density at radius 3 is 1.43 bits per heavy atom. The highest BCUT2D eigenvalue weighted by atomic mass is 79.9. The van der Waals surface area contributed by atoms with E-state index in [4.69, 9.17) is 48.1 Å². The molecule has 0 aromatic heterocycles. The number of hydrogen-bond donors (Lipinski definition) is 6. The highest BCUT2D eigenvalue weighted by Gasteiger charge is 2.25. The fraction of sp³-hybridized carbons (Fsp3) is 0.324. The molecule has 0 aliphatic carbocycles. The van der Waals surface area contributed by atoms with E-state index in [9.17, 15) is 39.6 Å². The van der Waals surface area contributed by atoms with Gasteiger partial charge in [-0.25, -0.2) is 9.59 Å². The molecule has 0 saturated heterocycles. The second kappa shape index (κ2) is 34.5. The number of carboxylic acids is 2. The van der Waals surface area contributed by atoms with Gasteiger partial charge in [0.2, 0.25) is 0 Å². The fourth-order valence-corrected chi connectivity index (χ4v) is 13.7. The van der Waals surface area contributed by atoms with E-state index in [2.05, 4.69) is 102 Å². The zero-order chi connectivity index (χ0) is 66.0. The van der Waals surface area contributed by atoms with Gasteiger partial charge in [0.25, 0.3) is 0 Å². The van der Waals surface area contributed by atoms with E-state index in [1.165, 1.54) is 17.7 Å². The van der Waals surface area contributed by atoms with Crippen molar-refractivity contribution in [1.29, 1.82) is 0 Å². The Bertz CT molecular complexity index is 3660. The maximum absolute atomic E-state index is 10.9. The molecule has 0 saturated carbocycles. The summed E-state index contributed by atoms with van der Waals surface area (Å²) in [5.41, 5.74) is 8.30. The van der Waals surface area contributed by atoms with Crippen molar-refractivity contribution in [2.75, 3.05) is 53.4 Å². The van der Waals surface area contributed by atoms with Gasteiger partial charge >= 0.3 is 11.9 Å². The number of methoxy groups -OCH3 is 1. The van der Waals surface area contributed by atoms with Crippen molar-refractivity contribution in [3.8, 4) is 69.0 Å². The third kappa shape index (κ3) is 18.6. The number of para-hydroxylation sites is 1. The molecule has 7 aromatic rings. The van der Waals surface area contributed by atoms with Gasteiger partial charge in [0.1, 0.15) is 40.1 Å². The third-order valence-corrected chi connectivity index (χ3v) is 18.2. The van der Waals surface area contributed by atoms with Gasteiger partial charge in [0, 0.05) is 54.7 Å². The van der Waals surface area contributed by atoms with E-state index in [1.54, 1.807) is 37.4 Å². The van der Waals surface area contributed by atoms with Crippen LogP contribution >= 0.6 is 95.6 Å². The van der Waals surface area contributed by atoms with E-state index in [-0.39, 0.29) is 22.8 Å². The number of carbonyl (C=O) groups is 4. The molecule has 488 valence electrons. The summed E-state index contributed by atoms with van der Waals surface area (Å²) in [5, 5.41) is 56.1. The highest BCUT2D eigenvalue weighted by Crippen LogP contribution is 2.43. The fourth-order valence-electron chi connectivity index (χ4n) is 10.8.